The van der Waals surface area contributed by atoms with Crippen LogP contribution in [0.15, 0.2) is 58.3 Å². The zero-order chi connectivity index (χ0) is 18.5. The average Bonchev–Trinajstić information content (AvgIpc) is 3.11. The Labute approximate surface area is 158 Å². The van der Waals surface area contributed by atoms with E-state index in [1.807, 2.05) is 5.38 Å². The molecule has 2 aromatic heterocycles. The van der Waals surface area contributed by atoms with Gasteiger partial charge >= 0.3 is 0 Å². The number of thioether (sulfide) groups is 1. The topological polar surface area (TPSA) is 73.2 Å². The van der Waals surface area contributed by atoms with Crippen LogP contribution in [-0.2, 0) is 11.3 Å². The van der Waals surface area contributed by atoms with Gasteiger partial charge in [0.2, 0.25) is 5.91 Å². The molecule has 26 heavy (non-hydrogen) atoms. The molecule has 3 aromatic rings. The SMILES string of the molecule is C=CCn1c(SCC(=O)Nc2cccc(OC)c2)nc2ccsc2c1=O. The molecule has 0 fully saturated rings. The lowest BCUT2D eigenvalue weighted by atomic mass is 10.3. The van der Waals surface area contributed by atoms with Crippen molar-refractivity contribution in [1.82, 2.24) is 9.55 Å². The molecule has 8 heteroatoms. The first kappa shape index (κ1) is 18.2. The molecular formula is C18H17N3O3S2. The molecule has 0 saturated carbocycles. The van der Waals surface area contributed by atoms with Crippen LogP contribution < -0.4 is 15.6 Å². The number of carbonyl (C=O) groups excluding carboxylic acids is 1. The molecule has 0 atom stereocenters. The van der Waals surface area contributed by atoms with Gasteiger partial charge in [-0.1, -0.05) is 23.9 Å². The maximum atomic E-state index is 12.6. The van der Waals surface area contributed by atoms with Gasteiger partial charge in [0.1, 0.15) is 10.4 Å². The summed E-state index contributed by atoms with van der Waals surface area (Å²) in [5.41, 5.74) is 1.19. The molecule has 0 aliphatic heterocycles. The third-order valence-corrected chi connectivity index (χ3v) is 5.40. The van der Waals surface area contributed by atoms with Crippen molar-refractivity contribution in [3.63, 3.8) is 0 Å². The van der Waals surface area contributed by atoms with Gasteiger partial charge in [-0.2, -0.15) is 0 Å². The number of hydrogen-bond donors (Lipinski definition) is 1. The molecule has 0 spiro atoms. The van der Waals surface area contributed by atoms with Crippen molar-refractivity contribution in [2.45, 2.75) is 11.7 Å². The summed E-state index contributed by atoms with van der Waals surface area (Å²) in [5.74, 6) is 0.615. The van der Waals surface area contributed by atoms with Gasteiger partial charge in [0.15, 0.2) is 5.16 Å². The minimum absolute atomic E-state index is 0.111. The largest absolute Gasteiger partial charge is 0.497 e. The Morgan fingerprint density at radius 2 is 2.31 bits per heavy atom. The summed E-state index contributed by atoms with van der Waals surface area (Å²) in [6, 6.07) is 8.94. The highest BCUT2D eigenvalue weighted by Gasteiger charge is 2.13. The van der Waals surface area contributed by atoms with Crippen molar-refractivity contribution in [2.75, 3.05) is 18.2 Å². The van der Waals surface area contributed by atoms with E-state index in [9.17, 15) is 9.59 Å². The van der Waals surface area contributed by atoms with Gasteiger partial charge < -0.3 is 10.1 Å². The number of anilines is 1. The minimum Gasteiger partial charge on any atom is -0.497 e. The van der Waals surface area contributed by atoms with Gasteiger partial charge in [0.25, 0.3) is 5.56 Å². The van der Waals surface area contributed by atoms with Crippen molar-refractivity contribution in [3.05, 3.63) is 58.7 Å². The number of fused-ring (bicyclic) bond motifs is 1. The molecule has 1 aromatic carbocycles. The van der Waals surface area contributed by atoms with Crippen molar-refractivity contribution in [3.8, 4) is 5.75 Å². The lowest BCUT2D eigenvalue weighted by Gasteiger charge is -2.10. The maximum Gasteiger partial charge on any atom is 0.272 e. The molecule has 3 rings (SSSR count). The number of carbonyl (C=O) groups is 1. The monoisotopic (exact) mass is 387 g/mol. The number of methoxy groups -OCH3 is 1. The Balaban J connectivity index is 1.76. The molecule has 0 bridgehead atoms. The molecule has 0 saturated heterocycles. The van der Waals surface area contributed by atoms with Gasteiger partial charge in [-0.15, -0.1) is 17.9 Å². The van der Waals surface area contributed by atoms with Crippen LogP contribution in [-0.4, -0.2) is 28.3 Å². The lowest BCUT2D eigenvalue weighted by Crippen LogP contribution is -2.23. The van der Waals surface area contributed by atoms with Crippen LogP contribution in [0.5, 0.6) is 5.75 Å². The van der Waals surface area contributed by atoms with Gasteiger partial charge in [0, 0.05) is 18.3 Å². The van der Waals surface area contributed by atoms with E-state index in [1.54, 1.807) is 43.5 Å². The zero-order valence-electron chi connectivity index (χ0n) is 14.1. The smallest absolute Gasteiger partial charge is 0.272 e. The molecule has 0 unspecified atom stereocenters. The second-order valence-corrected chi connectivity index (χ2v) is 7.16. The van der Waals surface area contributed by atoms with Gasteiger partial charge in [-0.25, -0.2) is 4.98 Å². The average molecular weight is 387 g/mol. The van der Waals surface area contributed by atoms with Gasteiger partial charge in [0.05, 0.1) is 18.4 Å². The Hall–Kier alpha value is -2.58. The summed E-state index contributed by atoms with van der Waals surface area (Å²) in [5, 5.41) is 5.15. The summed E-state index contributed by atoms with van der Waals surface area (Å²) >= 11 is 2.58. The predicted molar refractivity (Wildman–Crippen MR) is 106 cm³/mol. The van der Waals surface area contributed by atoms with E-state index >= 15 is 0 Å². The summed E-state index contributed by atoms with van der Waals surface area (Å²) in [4.78, 5) is 29.3. The second kappa shape index (κ2) is 8.20. The highest BCUT2D eigenvalue weighted by atomic mass is 32.2. The third kappa shape index (κ3) is 3.97. The van der Waals surface area contributed by atoms with Crippen LogP contribution in [0.4, 0.5) is 5.69 Å². The molecule has 1 N–H and O–H groups in total. The molecule has 1 amide bonds. The lowest BCUT2D eigenvalue weighted by molar-refractivity contribution is -0.113. The van der Waals surface area contributed by atoms with Crippen molar-refractivity contribution in [1.29, 1.82) is 0 Å². The fourth-order valence-electron chi connectivity index (χ4n) is 2.35. The quantitative estimate of drug-likeness (QED) is 0.382. The number of hydrogen-bond acceptors (Lipinski definition) is 6. The molecular weight excluding hydrogens is 370 g/mol. The highest BCUT2D eigenvalue weighted by molar-refractivity contribution is 7.99. The summed E-state index contributed by atoms with van der Waals surface area (Å²) < 4.78 is 7.29. The number of nitrogens with zero attached hydrogens (tertiary/aromatic N) is 2. The minimum atomic E-state index is -0.187. The number of thiophene rings is 1. The van der Waals surface area contributed by atoms with E-state index in [4.69, 9.17) is 4.74 Å². The Kier molecular flexibility index (Phi) is 5.75. The third-order valence-electron chi connectivity index (χ3n) is 3.53. The number of allylic oxidation sites excluding steroid dienone is 1. The standard InChI is InChI=1S/C18H17N3O3S2/c1-3-8-21-17(23)16-14(7-9-25-16)20-18(21)26-11-15(22)19-12-5-4-6-13(10-12)24-2/h3-7,9-10H,1,8,11H2,2H3,(H,19,22). The number of benzene rings is 1. The van der Waals surface area contributed by atoms with E-state index in [2.05, 4.69) is 16.9 Å². The molecule has 134 valence electrons. The van der Waals surface area contributed by atoms with E-state index < -0.39 is 0 Å². The zero-order valence-corrected chi connectivity index (χ0v) is 15.7. The second-order valence-electron chi connectivity index (χ2n) is 5.30. The van der Waals surface area contributed by atoms with Crippen molar-refractivity contribution >= 4 is 44.9 Å². The molecule has 6 nitrogen and oxygen atoms in total. The fraction of sp³-hybridized carbons (Fsp3) is 0.167. The highest BCUT2D eigenvalue weighted by Crippen LogP contribution is 2.22. The normalized spacial score (nSPS) is 10.7. The van der Waals surface area contributed by atoms with Crippen LogP contribution in [0.25, 0.3) is 10.2 Å². The van der Waals surface area contributed by atoms with E-state index in [0.29, 0.717) is 33.4 Å². The van der Waals surface area contributed by atoms with Crippen molar-refractivity contribution < 1.29 is 9.53 Å². The number of aromatic nitrogens is 2. The number of nitrogens with one attached hydrogen (secondary N) is 1. The Bertz CT molecular complexity index is 1010. The van der Waals surface area contributed by atoms with Gasteiger partial charge in [-0.05, 0) is 23.6 Å². The number of ether oxygens (including phenoxy) is 1. The van der Waals surface area contributed by atoms with E-state index in [1.165, 1.54) is 27.7 Å². The van der Waals surface area contributed by atoms with E-state index in [-0.39, 0.29) is 17.2 Å². The summed E-state index contributed by atoms with van der Waals surface area (Å²) in [6.45, 7) is 4.04. The Morgan fingerprint density at radius 1 is 1.46 bits per heavy atom. The first-order chi connectivity index (χ1) is 12.6. The number of rotatable bonds is 7. The van der Waals surface area contributed by atoms with Crippen LogP contribution >= 0.6 is 23.1 Å². The number of amides is 1. The van der Waals surface area contributed by atoms with Crippen molar-refractivity contribution in [2.24, 2.45) is 0 Å². The first-order valence-corrected chi connectivity index (χ1v) is 9.64. The van der Waals surface area contributed by atoms with Crippen LogP contribution in [0, 0.1) is 0 Å². The van der Waals surface area contributed by atoms with Gasteiger partial charge in [-0.3, -0.25) is 14.2 Å². The fourth-order valence-corrected chi connectivity index (χ4v) is 3.94. The maximum absolute atomic E-state index is 12.6. The predicted octanol–water partition coefficient (Wildman–Crippen LogP) is 3.38. The first-order valence-electron chi connectivity index (χ1n) is 7.78. The van der Waals surface area contributed by atoms with Crippen LogP contribution in [0.3, 0.4) is 0 Å². The van der Waals surface area contributed by atoms with Crippen LogP contribution in [0.1, 0.15) is 0 Å². The van der Waals surface area contributed by atoms with E-state index in [0.717, 1.165) is 0 Å². The molecule has 2 heterocycles. The summed E-state index contributed by atoms with van der Waals surface area (Å²) in [7, 11) is 1.57. The summed E-state index contributed by atoms with van der Waals surface area (Å²) in [6.07, 6.45) is 1.64. The van der Waals surface area contributed by atoms with Crippen LogP contribution in [0.2, 0.25) is 0 Å². The molecule has 0 radical (unpaired) electrons. The Morgan fingerprint density at radius 3 is 3.08 bits per heavy atom. The molecule has 0 aliphatic rings. The molecule has 0 aliphatic carbocycles.